The SMILES string of the molecule is Nc1nc(-c2ccc(OC(F)(F)F)cc2)nc(N2CCOCC2)n1. The van der Waals surface area contributed by atoms with Crippen molar-refractivity contribution in [3.63, 3.8) is 0 Å². The van der Waals surface area contributed by atoms with Gasteiger partial charge in [-0.1, -0.05) is 0 Å². The van der Waals surface area contributed by atoms with E-state index >= 15 is 0 Å². The van der Waals surface area contributed by atoms with E-state index in [1.165, 1.54) is 24.3 Å². The number of nitrogens with two attached hydrogens (primary N) is 1. The average molecular weight is 341 g/mol. The lowest BCUT2D eigenvalue weighted by molar-refractivity contribution is -0.274. The number of halogens is 3. The van der Waals surface area contributed by atoms with Gasteiger partial charge in [0.1, 0.15) is 5.75 Å². The zero-order chi connectivity index (χ0) is 17.2. The Kier molecular flexibility index (Phi) is 4.38. The summed E-state index contributed by atoms with van der Waals surface area (Å²) in [7, 11) is 0. The number of morpholine rings is 1. The van der Waals surface area contributed by atoms with Gasteiger partial charge in [-0.2, -0.15) is 15.0 Å². The van der Waals surface area contributed by atoms with Gasteiger partial charge in [-0.05, 0) is 24.3 Å². The van der Waals surface area contributed by atoms with Crippen LogP contribution < -0.4 is 15.4 Å². The van der Waals surface area contributed by atoms with Crippen LogP contribution in [0.4, 0.5) is 25.1 Å². The molecule has 3 rings (SSSR count). The van der Waals surface area contributed by atoms with Crippen molar-refractivity contribution in [1.29, 1.82) is 0 Å². The van der Waals surface area contributed by atoms with Crippen LogP contribution >= 0.6 is 0 Å². The highest BCUT2D eigenvalue weighted by Gasteiger charge is 2.31. The molecule has 1 aliphatic heterocycles. The molecule has 0 radical (unpaired) electrons. The summed E-state index contributed by atoms with van der Waals surface area (Å²) in [6, 6.07) is 5.24. The van der Waals surface area contributed by atoms with E-state index in [1.807, 2.05) is 4.90 Å². The smallest absolute Gasteiger partial charge is 0.406 e. The molecule has 2 aromatic rings. The van der Waals surface area contributed by atoms with Gasteiger partial charge in [-0.25, -0.2) is 0 Å². The largest absolute Gasteiger partial charge is 0.573 e. The highest BCUT2D eigenvalue weighted by atomic mass is 19.4. The number of benzene rings is 1. The zero-order valence-electron chi connectivity index (χ0n) is 12.5. The molecule has 0 spiro atoms. The van der Waals surface area contributed by atoms with Gasteiger partial charge in [0.2, 0.25) is 11.9 Å². The first-order valence-electron chi connectivity index (χ1n) is 7.11. The minimum atomic E-state index is -4.73. The van der Waals surface area contributed by atoms with Crippen molar-refractivity contribution >= 4 is 11.9 Å². The second kappa shape index (κ2) is 6.48. The molecule has 1 saturated heterocycles. The lowest BCUT2D eigenvalue weighted by Crippen LogP contribution is -2.37. The van der Waals surface area contributed by atoms with Crippen molar-refractivity contribution < 1.29 is 22.6 Å². The van der Waals surface area contributed by atoms with Gasteiger partial charge >= 0.3 is 6.36 Å². The molecule has 2 N–H and O–H groups in total. The maximum absolute atomic E-state index is 12.2. The first-order chi connectivity index (χ1) is 11.4. The number of anilines is 2. The predicted molar refractivity (Wildman–Crippen MR) is 79.4 cm³/mol. The molecular weight excluding hydrogens is 327 g/mol. The first kappa shape index (κ1) is 16.2. The molecule has 1 fully saturated rings. The Morgan fingerprint density at radius 3 is 2.33 bits per heavy atom. The third kappa shape index (κ3) is 4.02. The fraction of sp³-hybridized carbons (Fsp3) is 0.357. The van der Waals surface area contributed by atoms with Crippen LogP contribution in [0.25, 0.3) is 11.4 Å². The van der Waals surface area contributed by atoms with E-state index in [4.69, 9.17) is 10.5 Å². The normalized spacial score (nSPS) is 15.4. The van der Waals surface area contributed by atoms with E-state index < -0.39 is 6.36 Å². The Bertz CT molecular complexity index is 703. The summed E-state index contributed by atoms with van der Waals surface area (Å²) >= 11 is 0. The molecule has 1 aromatic carbocycles. The highest BCUT2D eigenvalue weighted by molar-refractivity contribution is 5.59. The molecule has 7 nitrogen and oxygen atoms in total. The third-order valence-electron chi connectivity index (χ3n) is 3.28. The third-order valence-corrected chi connectivity index (χ3v) is 3.28. The second-order valence-corrected chi connectivity index (χ2v) is 4.99. The molecule has 10 heteroatoms. The molecule has 0 aliphatic carbocycles. The monoisotopic (exact) mass is 341 g/mol. The van der Waals surface area contributed by atoms with E-state index in [0.29, 0.717) is 37.8 Å². The summed E-state index contributed by atoms with van der Waals surface area (Å²) in [6.45, 7) is 2.37. The first-order valence-corrected chi connectivity index (χ1v) is 7.11. The van der Waals surface area contributed by atoms with Crippen LogP contribution in [0.1, 0.15) is 0 Å². The molecular formula is C14H14F3N5O2. The highest BCUT2D eigenvalue weighted by Crippen LogP contribution is 2.26. The van der Waals surface area contributed by atoms with Crippen LogP contribution in [-0.4, -0.2) is 47.6 Å². The molecule has 1 aliphatic rings. The van der Waals surface area contributed by atoms with Crippen molar-refractivity contribution in [1.82, 2.24) is 15.0 Å². The van der Waals surface area contributed by atoms with Crippen LogP contribution in [0, 0.1) is 0 Å². The minimum Gasteiger partial charge on any atom is -0.406 e. The Morgan fingerprint density at radius 2 is 1.71 bits per heavy atom. The molecule has 1 aromatic heterocycles. The molecule has 0 atom stereocenters. The summed E-state index contributed by atoms with van der Waals surface area (Å²) in [6.07, 6.45) is -4.73. The van der Waals surface area contributed by atoms with Crippen molar-refractivity contribution in [2.24, 2.45) is 0 Å². The maximum Gasteiger partial charge on any atom is 0.573 e. The predicted octanol–water partition coefficient (Wildman–Crippen LogP) is 1.86. The Hall–Kier alpha value is -2.62. The van der Waals surface area contributed by atoms with Gasteiger partial charge in [0.15, 0.2) is 5.82 Å². The topological polar surface area (TPSA) is 86.4 Å². The van der Waals surface area contributed by atoms with Gasteiger partial charge in [0, 0.05) is 18.7 Å². The molecule has 0 amide bonds. The maximum atomic E-state index is 12.2. The van der Waals surface area contributed by atoms with Gasteiger partial charge in [-0.15, -0.1) is 13.2 Å². The fourth-order valence-corrected chi connectivity index (χ4v) is 2.22. The summed E-state index contributed by atoms with van der Waals surface area (Å²) in [5, 5.41) is 0. The summed E-state index contributed by atoms with van der Waals surface area (Å²) in [5.74, 6) is 0.415. The lowest BCUT2D eigenvalue weighted by Gasteiger charge is -2.26. The van der Waals surface area contributed by atoms with Gasteiger partial charge < -0.3 is 20.1 Å². The molecule has 2 heterocycles. The number of hydrogen-bond acceptors (Lipinski definition) is 7. The van der Waals surface area contributed by atoms with E-state index in [-0.39, 0.29) is 17.5 Å². The Morgan fingerprint density at radius 1 is 1.04 bits per heavy atom. The van der Waals surface area contributed by atoms with Crippen molar-refractivity contribution in [2.45, 2.75) is 6.36 Å². The number of alkyl halides is 3. The molecule has 128 valence electrons. The molecule has 0 bridgehead atoms. The van der Waals surface area contributed by atoms with Crippen LogP contribution in [0.5, 0.6) is 5.75 Å². The summed E-state index contributed by atoms with van der Waals surface area (Å²) in [5.41, 5.74) is 6.23. The fourth-order valence-electron chi connectivity index (χ4n) is 2.22. The van der Waals surface area contributed by atoms with Crippen LogP contribution in [0.2, 0.25) is 0 Å². The summed E-state index contributed by atoms with van der Waals surface area (Å²) < 4.78 is 45.7. The quantitative estimate of drug-likeness (QED) is 0.912. The van der Waals surface area contributed by atoms with Gasteiger partial charge in [0.25, 0.3) is 0 Å². The Balaban J connectivity index is 1.84. The lowest BCUT2D eigenvalue weighted by atomic mass is 10.2. The van der Waals surface area contributed by atoms with Crippen molar-refractivity contribution in [2.75, 3.05) is 36.9 Å². The molecule has 0 unspecified atom stereocenters. The zero-order valence-corrected chi connectivity index (χ0v) is 12.5. The van der Waals surface area contributed by atoms with Gasteiger partial charge in [0.05, 0.1) is 13.2 Å². The average Bonchev–Trinajstić information content (AvgIpc) is 2.54. The van der Waals surface area contributed by atoms with E-state index in [0.717, 1.165) is 0 Å². The minimum absolute atomic E-state index is 0.0390. The van der Waals surface area contributed by atoms with Crippen molar-refractivity contribution in [3.05, 3.63) is 24.3 Å². The van der Waals surface area contributed by atoms with E-state index in [1.54, 1.807) is 0 Å². The number of nitrogen functional groups attached to an aromatic ring is 1. The van der Waals surface area contributed by atoms with Crippen LogP contribution in [0.15, 0.2) is 24.3 Å². The van der Waals surface area contributed by atoms with Crippen molar-refractivity contribution in [3.8, 4) is 17.1 Å². The van der Waals surface area contributed by atoms with Gasteiger partial charge in [-0.3, -0.25) is 0 Å². The second-order valence-electron chi connectivity index (χ2n) is 4.99. The standard InChI is InChI=1S/C14H14F3N5O2/c15-14(16,17)24-10-3-1-9(2-4-10)11-19-12(18)21-13(20-11)22-5-7-23-8-6-22/h1-4H,5-8H2,(H2,18,19,20,21). The van der Waals surface area contributed by atoms with E-state index in [9.17, 15) is 13.2 Å². The Labute approximate surface area is 135 Å². The van der Waals surface area contributed by atoms with Crippen LogP contribution in [-0.2, 0) is 4.74 Å². The number of ether oxygens (including phenoxy) is 2. The molecule has 0 saturated carbocycles. The number of aromatic nitrogens is 3. The number of nitrogens with zero attached hydrogens (tertiary/aromatic N) is 4. The number of rotatable bonds is 3. The van der Waals surface area contributed by atoms with E-state index in [2.05, 4.69) is 19.7 Å². The summed E-state index contributed by atoms with van der Waals surface area (Å²) in [4.78, 5) is 14.4. The van der Waals surface area contributed by atoms with Crippen LogP contribution in [0.3, 0.4) is 0 Å². The molecule has 24 heavy (non-hydrogen) atoms. The number of hydrogen-bond donors (Lipinski definition) is 1.